The van der Waals surface area contributed by atoms with Gasteiger partial charge in [0.05, 0.1) is 26.1 Å². The van der Waals surface area contributed by atoms with Crippen molar-refractivity contribution in [3.05, 3.63) is 11.1 Å². The summed E-state index contributed by atoms with van der Waals surface area (Å²) in [6.45, 7) is 3.40. The van der Waals surface area contributed by atoms with Crippen LogP contribution >= 0.6 is 11.8 Å². The maximum Gasteiger partial charge on any atom is 0.407 e. The maximum absolute atomic E-state index is 12.6. The van der Waals surface area contributed by atoms with E-state index in [1.807, 2.05) is 10.3 Å². The lowest BCUT2D eigenvalue weighted by Crippen LogP contribution is -2.52. The zero-order chi connectivity index (χ0) is 15.2. The first kappa shape index (κ1) is 13.9. The number of aliphatic imine (C=N–C) groups is 1. The van der Waals surface area contributed by atoms with Crippen molar-refractivity contribution < 1.29 is 14.3 Å². The van der Waals surface area contributed by atoms with E-state index in [4.69, 9.17) is 4.74 Å². The largest absolute Gasteiger partial charge is 0.439 e. The van der Waals surface area contributed by atoms with E-state index in [0.717, 1.165) is 43.3 Å². The van der Waals surface area contributed by atoms with Crippen molar-refractivity contribution >= 4 is 28.9 Å². The number of piperidine rings is 1. The van der Waals surface area contributed by atoms with Crippen molar-refractivity contribution in [1.29, 1.82) is 0 Å². The van der Waals surface area contributed by atoms with Gasteiger partial charge in [0.1, 0.15) is 5.60 Å². The van der Waals surface area contributed by atoms with Crippen LogP contribution in [0, 0.1) is 0 Å². The number of nitrogens with one attached hydrogen (secondary N) is 1. The number of likely N-dealkylation sites (tertiary alicyclic amines) is 1. The topological polar surface area (TPSA) is 74.2 Å². The number of amidine groups is 1. The van der Waals surface area contributed by atoms with Gasteiger partial charge in [-0.25, -0.2) is 4.79 Å². The molecular weight excluding hydrogens is 304 g/mol. The maximum atomic E-state index is 12.6. The summed E-state index contributed by atoms with van der Waals surface area (Å²) in [4.78, 5) is 32.3. The molecule has 2 saturated heterocycles. The number of carbonyl (C=O) groups excluding carboxylic acids is 2. The second-order valence-corrected chi connectivity index (χ2v) is 6.90. The number of amides is 2. The van der Waals surface area contributed by atoms with Crippen molar-refractivity contribution in [3.63, 3.8) is 0 Å². The standard InChI is InChI=1S/C14H18N4O3S/c19-11(6-10-7-22-12-15-3-5-18(10)12)17-4-1-2-14(9-17)8-16-13(20)21-14/h7H,1-6,8-9H2,(H,16,20)/t14-/m0/s1. The Morgan fingerprint density at radius 3 is 3.23 bits per heavy atom. The SMILES string of the molecule is O=C1NC[C@]2(CCCN(C(=O)CC3=CSC4=NCCN34)C2)O1. The number of nitrogens with zero attached hydrogens (tertiary/aromatic N) is 3. The van der Waals surface area contributed by atoms with Gasteiger partial charge in [-0.1, -0.05) is 11.8 Å². The summed E-state index contributed by atoms with van der Waals surface area (Å²) in [5, 5.41) is 5.73. The monoisotopic (exact) mass is 322 g/mol. The van der Waals surface area contributed by atoms with Crippen LogP contribution in [-0.2, 0) is 9.53 Å². The van der Waals surface area contributed by atoms with Gasteiger partial charge in [0.15, 0.2) is 5.17 Å². The van der Waals surface area contributed by atoms with Crippen LogP contribution in [0.15, 0.2) is 16.1 Å². The van der Waals surface area contributed by atoms with Gasteiger partial charge in [0.2, 0.25) is 5.91 Å². The van der Waals surface area contributed by atoms with Crippen LogP contribution in [-0.4, -0.2) is 65.3 Å². The van der Waals surface area contributed by atoms with Crippen LogP contribution in [0.3, 0.4) is 0 Å². The van der Waals surface area contributed by atoms with Crippen molar-refractivity contribution in [3.8, 4) is 0 Å². The molecule has 1 N–H and O–H groups in total. The fourth-order valence-electron chi connectivity index (χ4n) is 3.42. The minimum absolute atomic E-state index is 0.0991. The van der Waals surface area contributed by atoms with Crippen molar-refractivity contribution in [2.45, 2.75) is 24.9 Å². The van der Waals surface area contributed by atoms with Crippen LogP contribution in [0.25, 0.3) is 0 Å². The van der Waals surface area contributed by atoms with Gasteiger partial charge in [0.25, 0.3) is 0 Å². The van der Waals surface area contributed by atoms with E-state index in [-0.39, 0.29) is 12.0 Å². The van der Waals surface area contributed by atoms with Gasteiger partial charge >= 0.3 is 6.09 Å². The molecule has 4 rings (SSSR count). The van der Waals surface area contributed by atoms with E-state index < -0.39 is 5.60 Å². The van der Waals surface area contributed by atoms with Crippen LogP contribution in [0.5, 0.6) is 0 Å². The highest BCUT2D eigenvalue weighted by Gasteiger charge is 2.45. The Hall–Kier alpha value is -1.70. The fraction of sp³-hybridized carbons (Fsp3) is 0.643. The Morgan fingerprint density at radius 2 is 2.41 bits per heavy atom. The first-order valence-corrected chi connectivity index (χ1v) is 8.46. The molecule has 0 aromatic rings. The Kier molecular flexibility index (Phi) is 3.28. The highest BCUT2D eigenvalue weighted by Crippen LogP contribution is 2.33. The summed E-state index contributed by atoms with van der Waals surface area (Å²) < 4.78 is 5.42. The number of hydrogen-bond acceptors (Lipinski definition) is 6. The molecule has 8 heteroatoms. The van der Waals surface area contributed by atoms with E-state index in [1.165, 1.54) is 0 Å². The molecular formula is C14H18N4O3S. The predicted molar refractivity (Wildman–Crippen MR) is 82.3 cm³/mol. The Labute approximate surface area is 132 Å². The second kappa shape index (κ2) is 5.19. The molecule has 4 aliphatic rings. The Bertz CT molecular complexity index is 591. The Morgan fingerprint density at radius 1 is 1.50 bits per heavy atom. The fourth-order valence-corrected chi connectivity index (χ4v) is 4.38. The van der Waals surface area contributed by atoms with E-state index in [2.05, 4.69) is 15.2 Å². The lowest BCUT2D eigenvalue weighted by molar-refractivity contribution is -0.136. The van der Waals surface area contributed by atoms with E-state index in [1.54, 1.807) is 11.8 Å². The van der Waals surface area contributed by atoms with E-state index >= 15 is 0 Å². The van der Waals surface area contributed by atoms with Gasteiger partial charge in [-0.15, -0.1) is 0 Å². The highest BCUT2D eigenvalue weighted by molar-refractivity contribution is 8.16. The molecule has 0 radical (unpaired) electrons. The first-order valence-electron chi connectivity index (χ1n) is 7.58. The summed E-state index contributed by atoms with van der Waals surface area (Å²) in [7, 11) is 0. The zero-order valence-corrected chi connectivity index (χ0v) is 13.0. The average molecular weight is 322 g/mol. The first-order chi connectivity index (χ1) is 10.7. The highest BCUT2D eigenvalue weighted by atomic mass is 32.2. The molecule has 0 aromatic heterocycles. The number of thioether (sulfide) groups is 1. The van der Waals surface area contributed by atoms with Crippen molar-refractivity contribution in [1.82, 2.24) is 15.1 Å². The molecule has 118 valence electrons. The zero-order valence-electron chi connectivity index (χ0n) is 12.2. The summed E-state index contributed by atoms with van der Waals surface area (Å²) in [6, 6.07) is 0. The third-order valence-electron chi connectivity index (χ3n) is 4.54. The molecule has 1 spiro atoms. The quantitative estimate of drug-likeness (QED) is 0.811. The number of hydrogen-bond donors (Lipinski definition) is 1. The molecule has 2 fully saturated rings. The summed E-state index contributed by atoms with van der Waals surface area (Å²) >= 11 is 1.59. The minimum atomic E-state index is -0.524. The number of rotatable bonds is 2. The average Bonchev–Trinajstić information content (AvgIpc) is 3.18. The van der Waals surface area contributed by atoms with Crippen LogP contribution < -0.4 is 5.32 Å². The summed E-state index contributed by atoms with van der Waals surface area (Å²) in [5.74, 6) is 0.0991. The Balaban J connectivity index is 1.40. The van der Waals surface area contributed by atoms with E-state index in [0.29, 0.717) is 19.5 Å². The lowest BCUT2D eigenvalue weighted by atomic mass is 9.93. The third-order valence-corrected chi connectivity index (χ3v) is 5.49. The van der Waals surface area contributed by atoms with Gasteiger partial charge in [-0.2, -0.15) is 0 Å². The molecule has 22 heavy (non-hydrogen) atoms. The summed E-state index contributed by atoms with van der Waals surface area (Å²) in [6.07, 6.45) is 1.70. The molecule has 0 unspecified atom stereocenters. The van der Waals surface area contributed by atoms with Crippen molar-refractivity contribution in [2.75, 3.05) is 32.7 Å². The number of carbonyl (C=O) groups is 2. The van der Waals surface area contributed by atoms with E-state index in [9.17, 15) is 9.59 Å². The van der Waals surface area contributed by atoms with Gasteiger partial charge in [-0.3, -0.25) is 9.79 Å². The number of alkyl carbamates (subject to hydrolysis) is 1. The van der Waals surface area contributed by atoms with Crippen LogP contribution in [0.2, 0.25) is 0 Å². The van der Waals surface area contributed by atoms with Crippen LogP contribution in [0.4, 0.5) is 4.79 Å². The molecule has 4 aliphatic heterocycles. The molecule has 0 saturated carbocycles. The van der Waals surface area contributed by atoms with Crippen molar-refractivity contribution in [2.24, 2.45) is 4.99 Å². The normalized spacial score (nSPS) is 30.1. The summed E-state index contributed by atoms with van der Waals surface area (Å²) in [5.41, 5.74) is 0.511. The van der Waals surface area contributed by atoms with Gasteiger partial charge in [0, 0.05) is 18.8 Å². The minimum Gasteiger partial charge on any atom is -0.439 e. The lowest BCUT2D eigenvalue weighted by Gasteiger charge is -2.38. The molecule has 0 bridgehead atoms. The molecule has 4 heterocycles. The second-order valence-electron chi connectivity index (χ2n) is 6.06. The number of ether oxygens (including phenoxy) is 1. The molecule has 0 aliphatic carbocycles. The molecule has 0 aromatic carbocycles. The molecule has 1 atom stereocenters. The van der Waals surface area contributed by atoms with Crippen LogP contribution in [0.1, 0.15) is 19.3 Å². The smallest absolute Gasteiger partial charge is 0.407 e. The molecule has 7 nitrogen and oxygen atoms in total. The third kappa shape index (κ3) is 2.35. The van der Waals surface area contributed by atoms with Gasteiger partial charge < -0.3 is 19.9 Å². The van der Waals surface area contributed by atoms with Gasteiger partial charge in [-0.05, 0) is 18.2 Å². The number of fused-ring (bicyclic) bond motifs is 1. The molecule has 2 amide bonds. The predicted octanol–water partition coefficient (Wildman–Crippen LogP) is 0.737.